The molecule has 0 unspecified atom stereocenters. The molecule has 2 saturated heterocycles. The van der Waals surface area contributed by atoms with E-state index in [-0.39, 0.29) is 6.03 Å². The Labute approximate surface area is 221 Å². The van der Waals surface area contributed by atoms with Gasteiger partial charge in [0.15, 0.2) is 5.82 Å². The van der Waals surface area contributed by atoms with Gasteiger partial charge in [0.05, 0.1) is 13.2 Å². The highest BCUT2D eigenvalue weighted by Gasteiger charge is 2.21. The summed E-state index contributed by atoms with van der Waals surface area (Å²) >= 11 is 5.91. The predicted octanol–water partition coefficient (Wildman–Crippen LogP) is 3.81. The average Bonchev–Trinajstić information content (AvgIpc) is 3.15. The van der Waals surface area contributed by atoms with Gasteiger partial charge in [-0.3, -0.25) is 0 Å². The zero-order valence-corrected chi connectivity index (χ0v) is 21.6. The van der Waals surface area contributed by atoms with Crippen molar-refractivity contribution < 1.29 is 9.53 Å². The molecule has 1 aromatic heterocycles. The number of hydrogen-bond donors (Lipinski definition) is 2. The summed E-state index contributed by atoms with van der Waals surface area (Å²) < 4.78 is 5.52. The minimum absolute atomic E-state index is 0.335. The maximum Gasteiger partial charge on any atom is 0.323 e. The summed E-state index contributed by atoms with van der Waals surface area (Å²) in [5.41, 5.74) is 2.17. The number of anilines is 4. The number of ether oxygens (including phenoxy) is 1. The van der Waals surface area contributed by atoms with Gasteiger partial charge in [0.1, 0.15) is 0 Å². The number of rotatable bonds is 5. The number of halogens is 1. The van der Waals surface area contributed by atoms with Crippen molar-refractivity contribution in [3.05, 3.63) is 53.6 Å². The number of aromatic nitrogens is 3. The van der Waals surface area contributed by atoms with E-state index < -0.39 is 0 Å². The molecule has 3 aromatic rings. The van der Waals surface area contributed by atoms with Gasteiger partial charge >= 0.3 is 6.03 Å². The van der Waals surface area contributed by atoms with Gasteiger partial charge in [-0.25, -0.2) is 4.79 Å². The fourth-order valence-electron chi connectivity index (χ4n) is 4.30. The Balaban J connectivity index is 1.35. The van der Waals surface area contributed by atoms with Crippen LogP contribution in [0.1, 0.15) is 6.42 Å². The molecule has 11 heteroatoms. The van der Waals surface area contributed by atoms with E-state index in [0.717, 1.165) is 51.3 Å². The SMILES string of the molecule is CN1CCCN(c2nc(-c3ccc(NC(=O)Nc4ccc(Cl)cc4)cc3)nc(N3CCOCC3)n2)CC1. The molecule has 2 fully saturated rings. The topological polar surface area (TPSA) is 98.8 Å². The van der Waals surface area contributed by atoms with Crippen molar-refractivity contribution in [1.29, 1.82) is 0 Å². The first kappa shape index (κ1) is 25.2. The molecule has 2 amide bonds. The first-order valence-electron chi connectivity index (χ1n) is 12.5. The summed E-state index contributed by atoms with van der Waals surface area (Å²) in [7, 11) is 2.15. The summed E-state index contributed by atoms with van der Waals surface area (Å²) in [6.07, 6.45) is 1.06. The van der Waals surface area contributed by atoms with E-state index in [1.165, 1.54) is 0 Å². The van der Waals surface area contributed by atoms with Crippen LogP contribution < -0.4 is 20.4 Å². The fourth-order valence-corrected chi connectivity index (χ4v) is 4.43. The van der Waals surface area contributed by atoms with Crippen LogP contribution in [0, 0.1) is 0 Å². The summed E-state index contributed by atoms with van der Waals surface area (Å²) in [4.78, 5) is 33.7. The summed E-state index contributed by atoms with van der Waals surface area (Å²) in [5.74, 6) is 1.98. The lowest BCUT2D eigenvalue weighted by Gasteiger charge is -2.28. The number of amides is 2. The van der Waals surface area contributed by atoms with Crippen LogP contribution in [0.2, 0.25) is 5.02 Å². The zero-order chi connectivity index (χ0) is 25.6. The van der Waals surface area contributed by atoms with Gasteiger partial charge in [-0.15, -0.1) is 0 Å². The molecule has 0 bridgehead atoms. The summed E-state index contributed by atoms with van der Waals surface area (Å²) in [5, 5.41) is 6.26. The minimum atomic E-state index is -0.335. The molecule has 0 atom stereocenters. The Morgan fingerprint density at radius 1 is 0.784 bits per heavy atom. The number of carbonyl (C=O) groups is 1. The van der Waals surface area contributed by atoms with Crippen LogP contribution in [-0.4, -0.2) is 85.4 Å². The van der Waals surface area contributed by atoms with Gasteiger partial charge in [0.25, 0.3) is 0 Å². The molecule has 2 aromatic carbocycles. The standard InChI is InChI=1S/C26H31ClN8O2/c1-33-11-2-12-34(14-13-33)24-30-23(31-25(32-24)35-15-17-37-18-16-35)19-3-7-21(8-4-19)28-26(36)29-22-9-5-20(27)6-10-22/h3-10H,2,11-18H2,1H3,(H2,28,29,36). The third-order valence-electron chi connectivity index (χ3n) is 6.41. The van der Waals surface area contributed by atoms with E-state index in [1.54, 1.807) is 24.3 Å². The second-order valence-corrected chi connectivity index (χ2v) is 9.60. The normalized spacial score (nSPS) is 16.8. The van der Waals surface area contributed by atoms with Crippen molar-refractivity contribution in [2.24, 2.45) is 0 Å². The van der Waals surface area contributed by atoms with Gasteiger partial charge in [-0.05, 0) is 68.5 Å². The largest absolute Gasteiger partial charge is 0.378 e. The minimum Gasteiger partial charge on any atom is -0.378 e. The van der Waals surface area contributed by atoms with Crippen molar-refractivity contribution in [1.82, 2.24) is 19.9 Å². The first-order valence-corrected chi connectivity index (χ1v) is 12.9. The molecule has 2 aliphatic rings. The molecule has 2 N–H and O–H groups in total. The number of carbonyl (C=O) groups excluding carboxylic acids is 1. The fraction of sp³-hybridized carbons (Fsp3) is 0.385. The summed E-state index contributed by atoms with van der Waals surface area (Å²) in [6, 6.07) is 14.1. The monoisotopic (exact) mass is 522 g/mol. The van der Waals surface area contributed by atoms with E-state index in [2.05, 4.69) is 32.4 Å². The lowest BCUT2D eigenvalue weighted by atomic mass is 10.2. The van der Waals surface area contributed by atoms with E-state index in [4.69, 9.17) is 31.3 Å². The zero-order valence-electron chi connectivity index (χ0n) is 20.9. The lowest BCUT2D eigenvalue weighted by Crippen LogP contribution is -2.38. The third kappa shape index (κ3) is 6.65. The lowest BCUT2D eigenvalue weighted by molar-refractivity contribution is 0.122. The van der Waals surface area contributed by atoms with Crippen molar-refractivity contribution in [3.63, 3.8) is 0 Å². The molecule has 3 heterocycles. The van der Waals surface area contributed by atoms with Crippen LogP contribution >= 0.6 is 11.6 Å². The molecular formula is C26H31ClN8O2. The van der Waals surface area contributed by atoms with Crippen molar-refractivity contribution in [3.8, 4) is 11.4 Å². The Kier molecular flexibility index (Phi) is 7.98. The van der Waals surface area contributed by atoms with Crippen molar-refractivity contribution in [2.45, 2.75) is 6.42 Å². The van der Waals surface area contributed by atoms with Crippen LogP contribution in [0.4, 0.5) is 28.1 Å². The molecule has 0 saturated carbocycles. The van der Waals surface area contributed by atoms with Gasteiger partial charge in [0, 0.05) is 54.7 Å². The number of likely N-dealkylation sites (N-methyl/N-ethyl adjacent to an activating group) is 1. The molecular weight excluding hydrogens is 492 g/mol. The van der Waals surface area contributed by atoms with Crippen LogP contribution in [0.3, 0.4) is 0 Å². The molecule has 5 rings (SSSR count). The van der Waals surface area contributed by atoms with E-state index in [1.807, 2.05) is 24.3 Å². The van der Waals surface area contributed by atoms with Gasteiger partial charge in [-0.1, -0.05) is 11.6 Å². The Morgan fingerprint density at radius 2 is 1.38 bits per heavy atom. The molecule has 194 valence electrons. The number of urea groups is 1. The number of nitrogens with one attached hydrogen (secondary N) is 2. The average molecular weight is 523 g/mol. The van der Waals surface area contributed by atoms with Crippen molar-refractivity contribution in [2.75, 3.05) is 80.0 Å². The van der Waals surface area contributed by atoms with Crippen LogP contribution in [0.5, 0.6) is 0 Å². The van der Waals surface area contributed by atoms with Gasteiger partial charge < -0.3 is 30.1 Å². The number of morpholine rings is 1. The molecule has 0 spiro atoms. The Morgan fingerprint density at radius 3 is 2.03 bits per heavy atom. The van der Waals surface area contributed by atoms with Crippen molar-refractivity contribution >= 4 is 40.9 Å². The van der Waals surface area contributed by atoms with E-state index >= 15 is 0 Å². The maximum atomic E-state index is 12.4. The second-order valence-electron chi connectivity index (χ2n) is 9.17. The second kappa shape index (κ2) is 11.7. The van der Waals surface area contributed by atoms with E-state index in [9.17, 15) is 4.79 Å². The highest BCUT2D eigenvalue weighted by Crippen LogP contribution is 2.24. The highest BCUT2D eigenvalue weighted by atomic mass is 35.5. The van der Waals surface area contributed by atoms with Crippen LogP contribution in [0.25, 0.3) is 11.4 Å². The number of hydrogen-bond acceptors (Lipinski definition) is 8. The van der Waals surface area contributed by atoms with Crippen LogP contribution in [-0.2, 0) is 4.74 Å². The molecule has 0 radical (unpaired) electrons. The number of nitrogens with zero attached hydrogens (tertiary/aromatic N) is 6. The highest BCUT2D eigenvalue weighted by molar-refractivity contribution is 6.30. The molecule has 0 aliphatic carbocycles. The van der Waals surface area contributed by atoms with Gasteiger partial charge in [-0.2, -0.15) is 15.0 Å². The Hall–Kier alpha value is -3.47. The molecule has 37 heavy (non-hydrogen) atoms. The van der Waals surface area contributed by atoms with Gasteiger partial charge in [0.2, 0.25) is 11.9 Å². The quantitative estimate of drug-likeness (QED) is 0.522. The Bertz CT molecular complexity index is 1200. The van der Waals surface area contributed by atoms with E-state index in [0.29, 0.717) is 47.3 Å². The third-order valence-corrected chi connectivity index (χ3v) is 6.66. The molecule has 10 nitrogen and oxygen atoms in total. The van der Waals surface area contributed by atoms with Crippen LogP contribution in [0.15, 0.2) is 48.5 Å². The number of benzene rings is 2. The molecule has 2 aliphatic heterocycles. The maximum absolute atomic E-state index is 12.4. The first-order chi connectivity index (χ1) is 18.0. The smallest absolute Gasteiger partial charge is 0.323 e. The summed E-state index contributed by atoms with van der Waals surface area (Å²) in [6.45, 7) is 6.61. The predicted molar refractivity (Wildman–Crippen MR) is 147 cm³/mol.